The standard InChI is InChI=1S/C28H32O4S/c1-6-21-9-11-22(12-10-21)26(29)19-27(33(30,31)25-17-7-20(2)8-18-25)23-13-15-24(16-14-23)32-28(3,4)5/h7-18,27H,6,19H2,1-5H3. The summed E-state index contributed by atoms with van der Waals surface area (Å²) in [5.74, 6) is 0.451. The smallest absolute Gasteiger partial charge is 0.185 e. The normalized spacial score (nSPS) is 12.9. The van der Waals surface area contributed by atoms with Gasteiger partial charge in [0.2, 0.25) is 0 Å². The molecule has 0 saturated carbocycles. The zero-order valence-corrected chi connectivity index (χ0v) is 20.8. The minimum Gasteiger partial charge on any atom is -0.488 e. The molecule has 3 aromatic carbocycles. The summed E-state index contributed by atoms with van der Waals surface area (Å²) in [7, 11) is -3.80. The van der Waals surface area contributed by atoms with Crippen molar-refractivity contribution >= 4 is 15.6 Å². The first-order valence-electron chi connectivity index (χ1n) is 11.2. The van der Waals surface area contributed by atoms with Crippen molar-refractivity contribution in [2.24, 2.45) is 0 Å². The van der Waals surface area contributed by atoms with Crippen molar-refractivity contribution in [3.63, 3.8) is 0 Å². The summed E-state index contributed by atoms with van der Waals surface area (Å²) in [6.45, 7) is 9.81. The number of carbonyl (C=O) groups excluding carboxylic acids is 1. The Bertz CT molecular complexity index is 1180. The Balaban J connectivity index is 1.98. The number of benzene rings is 3. The van der Waals surface area contributed by atoms with Crippen LogP contribution in [0.15, 0.2) is 77.7 Å². The largest absolute Gasteiger partial charge is 0.488 e. The molecule has 0 amide bonds. The predicted molar refractivity (Wildman–Crippen MR) is 133 cm³/mol. The van der Waals surface area contributed by atoms with E-state index in [2.05, 4.69) is 0 Å². The van der Waals surface area contributed by atoms with Crippen LogP contribution in [0.4, 0.5) is 0 Å². The van der Waals surface area contributed by atoms with Gasteiger partial charge in [-0.15, -0.1) is 0 Å². The van der Waals surface area contributed by atoms with E-state index in [0.717, 1.165) is 17.5 Å². The Kier molecular flexibility index (Phi) is 7.43. The highest BCUT2D eigenvalue weighted by Crippen LogP contribution is 2.34. The third-order valence-electron chi connectivity index (χ3n) is 5.45. The van der Waals surface area contributed by atoms with Crippen molar-refractivity contribution in [2.75, 3.05) is 0 Å². The molecule has 0 aromatic heterocycles. The van der Waals surface area contributed by atoms with Crippen LogP contribution in [0.25, 0.3) is 0 Å². The van der Waals surface area contributed by atoms with Gasteiger partial charge in [0.05, 0.1) is 10.1 Å². The Hall–Kier alpha value is -2.92. The molecule has 5 heteroatoms. The average molecular weight is 465 g/mol. The molecule has 3 aromatic rings. The highest BCUT2D eigenvalue weighted by molar-refractivity contribution is 7.91. The molecule has 174 valence electrons. The molecule has 0 saturated heterocycles. The highest BCUT2D eigenvalue weighted by Gasteiger charge is 2.32. The van der Waals surface area contributed by atoms with Gasteiger partial charge in [0, 0.05) is 12.0 Å². The Morgan fingerprint density at radius 2 is 1.45 bits per heavy atom. The van der Waals surface area contributed by atoms with Crippen LogP contribution in [-0.2, 0) is 16.3 Å². The summed E-state index contributed by atoms with van der Waals surface area (Å²) < 4.78 is 33.2. The van der Waals surface area contributed by atoms with Gasteiger partial charge in [-0.3, -0.25) is 4.79 Å². The van der Waals surface area contributed by atoms with Crippen LogP contribution in [0.3, 0.4) is 0 Å². The first-order chi connectivity index (χ1) is 15.5. The SMILES string of the molecule is CCc1ccc(C(=O)CC(c2ccc(OC(C)(C)C)cc2)S(=O)(=O)c2ccc(C)cc2)cc1. The fraction of sp³-hybridized carbons (Fsp3) is 0.321. The van der Waals surface area contributed by atoms with E-state index < -0.39 is 15.1 Å². The van der Waals surface area contributed by atoms with Crippen molar-refractivity contribution in [1.29, 1.82) is 0 Å². The maximum atomic E-state index is 13.6. The van der Waals surface area contributed by atoms with Gasteiger partial charge in [-0.2, -0.15) is 0 Å². The first kappa shape index (κ1) is 24.7. The Morgan fingerprint density at radius 3 is 1.97 bits per heavy atom. The van der Waals surface area contributed by atoms with E-state index in [-0.39, 0.29) is 22.7 Å². The van der Waals surface area contributed by atoms with Crippen LogP contribution >= 0.6 is 0 Å². The number of aryl methyl sites for hydroxylation is 2. The molecule has 33 heavy (non-hydrogen) atoms. The maximum absolute atomic E-state index is 13.6. The monoisotopic (exact) mass is 464 g/mol. The topological polar surface area (TPSA) is 60.4 Å². The summed E-state index contributed by atoms with van der Waals surface area (Å²) in [5, 5.41) is -0.998. The predicted octanol–water partition coefficient (Wildman–Crippen LogP) is 6.52. The van der Waals surface area contributed by atoms with E-state index in [1.54, 1.807) is 60.7 Å². The number of sulfone groups is 1. The quantitative estimate of drug-likeness (QED) is 0.356. The van der Waals surface area contributed by atoms with Gasteiger partial charge in [0.1, 0.15) is 11.4 Å². The number of ketones is 1. The second-order valence-corrected chi connectivity index (χ2v) is 11.4. The molecular formula is C28H32O4S. The lowest BCUT2D eigenvalue weighted by Gasteiger charge is -2.22. The fourth-order valence-electron chi connectivity index (χ4n) is 3.62. The number of Topliss-reactive ketones (excluding diaryl/α,β-unsaturated/α-hetero) is 1. The van der Waals surface area contributed by atoms with Crippen LogP contribution in [0.2, 0.25) is 0 Å². The summed E-state index contributed by atoms with van der Waals surface area (Å²) in [4.78, 5) is 13.3. The number of rotatable bonds is 8. The van der Waals surface area contributed by atoms with Crippen molar-refractivity contribution in [1.82, 2.24) is 0 Å². The van der Waals surface area contributed by atoms with Crippen LogP contribution in [0.1, 0.15) is 66.4 Å². The summed E-state index contributed by atoms with van der Waals surface area (Å²) in [6, 6.07) is 21.1. The zero-order chi connectivity index (χ0) is 24.2. The molecule has 0 spiro atoms. The number of hydrogen-bond donors (Lipinski definition) is 0. The molecule has 0 aliphatic heterocycles. The summed E-state index contributed by atoms with van der Waals surface area (Å²) in [6.07, 6.45) is 0.739. The lowest BCUT2D eigenvalue weighted by Crippen LogP contribution is -2.23. The Labute approximate surface area is 197 Å². The van der Waals surface area contributed by atoms with Gasteiger partial charge >= 0.3 is 0 Å². The van der Waals surface area contributed by atoms with Gasteiger partial charge in [0.15, 0.2) is 15.6 Å². The van der Waals surface area contributed by atoms with Crippen LogP contribution in [0.5, 0.6) is 5.75 Å². The molecule has 0 N–H and O–H groups in total. The van der Waals surface area contributed by atoms with E-state index in [4.69, 9.17) is 4.74 Å². The molecule has 0 aliphatic carbocycles. The van der Waals surface area contributed by atoms with Crippen LogP contribution < -0.4 is 4.74 Å². The number of carbonyl (C=O) groups is 1. The molecule has 0 radical (unpaired) electrons. The van der Waals surface area contributed by atoms with E-state index in [1.165, 1.54) is 0 Å². The van der Waals surface area contributed by atoms with Gasteiger partial charge < -0.3 is 4.74 Å². The molecule has 1 unspecified atom stereocenters. The molecular weight excluding hydrogens is 432 g/mol. The Morgan fingerprint density at radius 1 is 0.879 bits per heavy atom. The molecule has 3 rings (SSSR count). The minimum atomic E-state index is -3.80. The van der Waals surface area contributed by atoms with E-state index in [0.29, 0.717) is 16.9 Å². The van der Waals surface area contributed by atoms with Crippen molar-refractivity contribution < 1.29 is 17.9 Å². The van der Waals surface area contributed by atoms with Crippen LogP contribution in [0, 0.1) is 6.92 Å². The molecule has 0 bridgehead atoms. The minimum absolute atomic E-state index is 0.138. The summed E-state index contributed by atoms with van der Waals surface area (Å²) >= 11 is 0. The first-order valence-corrected chi connectivity index (χ1v) is 12.8. The van der Waals surface area contributed by atoms with Gasteiger partial charge in [0.25, 0.3) is 0 Å². The fourth-order valence-corrected chi connectivity index (χ4v) is 5.35. The van der Waals surface area contributed by atoms with Gasteiger partial charge in [-0.1, -0.05) is 61.0 Å². The van der Waals surface area contributed by atoms with Crippen LogP contribution in [-0.4, -0.2) is 19.8 Å². The second-order valence-electron chi connectivity index (χ2n) is 9.31. The second kappa shape index (κ2) is 9.92. The van der Waals surface area contributed by atoms with Gasteiger partial charge in [-0.25, -0.2) is 8.42 Å². The van der Waals surface area contributed by atoms with Crippen molar-refractivity contribution in [2.45, 2.75) is 63.2 Å². The van der Waals surface area contributed by atoms with Crippen molar-refractivity contribution in [3.8, 4) is 5.75 Å². The van der Waals surface area contributed by atoms with E-state index >= 15 is 0 Å². The average Bonchev–Trinajstić information content (AvgIpc) is 2.77. The maximum Gasteiger partial charge on any atom is 0.185 e. The number of hydrogen-bond acceptors (Lipinski definition) is 4. The third kappa shape index (κ3) is 6.32. The molecule has 1 atom stereocenters. The highest BCUT2D eigenvalue weighted by atomic mass is 32.2. The van der Waals surface area contributed by atoms with E-state index in [1.807, 2.05) is 46.8 Å². The lowest BCUT2D eigenvalue weighted by molar-refractivity contribution is 0.0980. The molecule has 0 fully saturated rings. The zero-order valence-electron chi connectivity index (χ0n) is 20.0. The molecule has 0 aliphatic rings. The molecule has 4 nitrogen and oxygen atoms in total. The van der Waals surface area contributed by atoms with Crippen molar-refractivity contribution in [3.05, 3.63) is 95.1 Å². The summed E-state index contributed by atoms with van der Waals surface area (Å²) in [5.41, 5.74) is 2.82. The third-order valence-corrected chi connectivity index (χ3v) is 7.57. The lowest BCUT2D eigenvalue weighted by atomic mass is 10.0. The molecule has 0 heterocycles. The number of ether oxygens (including phenoxy) is 1. The van der Waals surface area contributed by atoms with Gasteiger partial charge in [-0.05, 0) is 69.5 Å². The van der Waals surface area contributed by atoms with E-state index in [9.17, 15) is 13.2 Å².